The van der Waals surface area contributed by atoms with Gasteiger partial charge in [0.1, 0.15) is 6.54 Å². The summed E-state index contributed by atoms with van der Waals surface area (Å²) >= 11 is 0. The lowest BCUT2D eigenvalue weighted by atomic mass is 10.0. The van der Waals surface area contributed by atoms with Crippen molar-refractivity contribution in [2.45, 2.75) is 46.4 Å². The summed E-state index contributed by atoms with van der Waals surface area (Å²) in [4.78, 5) is 17.3. The minimum atomic E-state index is -0.508. The van der Waals surface area contributed by atoms with E-state index in [1.54, 1.807) is 6.92 Å². The number of carbonyl (C=O) groups excluding carboxylic acids is 1. The molecule has 3 aromatic rings. The number of aromatic nitrogens is 2. The van der Waals surface area contributed by atoms with E-state index < -0.39 is 6.10 Å². The zero-order valence-electron chi connectivity index (χ0n) is 16.9. The minimum absolute atomic E-state index is 0.0875. The van der Waals surface area contributed by atoms with Crippen LogP contribution in [0.2, 0.25) is 0 Å². The fourth-order valence-corrected chi connectivity index (χ4v) is 3.16. The number of rotatable bonds is 7. The van der Waals surface area contributed by atoms with E-state index in [9.17, 15) is 9.90 Å². The molecule has 0 aliphatic heterocycles. The van der Waals surface area contributed by atoms with Crippen LogP contribution in [0.15, 0.2) is 42.5 Å². The molecule has 1 amide bonds. The Hall–Kier alpha value is -2.86. The van der Waals surface area contributed by atoms with E-state index in [0.29, 0.717) is 12.5 Å². The number of amides is 1. The normalized spacial score (nSPS) is 13.3. The van der Waals surface area contributed by atoms with Crippen LogP contribution in [0, 0.1) is 13.8 Å². The number of nitrogens with one attached hydrogen (secondary N) is 2. The lowest BCUT2D eigenvalue weighted by Crippen LogP contribution is -2.30. The van der Waals surface area contributed by atoms with Gasteiger partial charge in [0.15, 0.2) is 0 Å². The topological polar surface area (TPSA) is 79.2 Å². The lowest BCUT2D eigenvalue weighted by molar-refractivity contribution is -0.122. The van der Waals surface area contributed by atoms with E-state index in [0.717, 1.165) is 16.6 Å². The number of aryl methyl sites for hydroxylation is 2. The molecule has 3 N–H and O–H groups in total. The third-order valence-corrected chi connectivity index (χ3v) is 4.92. The summed E-state index contributed by atoms with van der Waals surface area (Å²) in [5.41, 5.74) is 5.22. The van der Waals surface area contributed by atoms with Gasteiger partial charge in [-0.3, -0.25) is 4.79 Å². The fraction of sp³-hybridized carbons (Fsp3) is 0.364. The van der Waals surface area contributed by atoms with Gasteiger partial charge in [-0.2, -0.15) is 0 Å². The van der Waals surface area contributed by atoms with Crippen LogP contribution in [0.25, 0.3) is 11.0 Å². The van der Waals surface area contributed by atoms with Crippen molar-refractivity contribution >= 4 is 22.9 Å². The molecule has 0 saturated carbocycles. The Balaban J connectivity index is 1.78. The SMILES string of the molecule is Cc1ccc(C(C)NC(=O)Cn2c(NCC(C)O)nc3ccccc32)cc1C. The van der Waals surface area contributed by atoms with Crippen LogP contribution in [0.5, 0.6) is 0 Å². The molecule has 0 spiro atoms. The Labute approximate surface area is 165 Å². The summed E-state index contributed by atoms with van der Waals surface area (Å²) < 4.78 is 1.85. The molecule has 2 atom stereocenters. The third kappa shape index (κ3) is 4.51. The number of aliphatic hydroxyl groups is 1. The summed E-state index contributed by atoms with van der Waals surface area (Å²) in [6.45, 7) is 8.36. The molecule has 0 bridgehead atoms. The number of benzene rings is 2. The monoisotopic (exact) mass is 380 g/mol. The standard InChI is InChI=1S/C22H28N4O2/c1-14-9-10-18(11-15(14)2)17(4)24-21(28)13-26-20-8-6-5-7-19(20)25-22(26)23-12-16(3)27/h5-11,16-17,27H,12-13H2,1-4H3,(H,23,25)(H,24,28). The predicted molar refractivity (Wildman–Crippen MR) is 112 cm³/mol. The zero-order valence-corrected chi connectivity index (χ0v) is 16.9. The van der Waals surface area contributed by atoms with Crippen molar-refractivity contribution in [2.75, 3.05) is 11.9 Å². The fourth-order valence-electron chi connectivity index (χ4n) is 3.16. The largest absolute Gasteiger partial charge is 0.392 e. The first-order valence-corrected chi connectivity index (χ1v) is 9.59. The highest BCUT2D eigenvalue weighted by Crippen LogP contribution is 2.20. The van der Waals surface area contributed by atoms with Crippen LogP contribution in [0.1, 0.15) is 36.6 Å². The average Bonchev–Trinajstić information content (AvgIpc) is 2.99. The smallest absolute Gasteiger partial charge is 0.240 e. The van der Waals surface area contributed by atoms with Crippen LogP contribution in [0.3, 0.4) is 0 Å². The van der Waals surface area contributed by atoms with Crippen LogP contribution in [-0.4, -0.2) is 33.2 Å². The average molecular weight is 380 g/mol. The van der Waals surface area contributed by atoms with E-state index in [-0.39, 0.29) is 18.5 Å². The number of hydrogen-bond donors (Lipinski definition) is 3. The maximum Gasteiger partial charge on any atom is 0.240 e. The van der Waals surface area contributed by atoms with E-state index in [4.69, 9.17) is 0 Å². The van der Waals surface area contributed by atoms with E-state index >= 15 is 0 Å². The molecular weight excluding hydrogens is 352 g/mol. The maximum absolute atomic E-state index is 12.7. The Kier molecular flexibility index (Phi) is 5.99. The molecule has 1 heterocycles. The summed E-state index contributed by atoms with van der Waals surface area (Å²) in [6.07, 6.45) is -0.508. The summed E-state index contributed by atoms with van der Waals surface area (Å²) in [5, 5.41) is 15.8. The van der Waals surface area contributed by atoms with Crippen molar-refractivity contribution in [1.29, 1.82) is 0 Å². The second-order valence-electron chi connectivity index (χ2n) is 7.37. The Morgan fingerprint density at radius 1 is 1.14 bits per heavy atom. The van der Waals surface area contributed by atoms with Gasteiger partial charge in [0.25, 0.3) is 0 Å². The number of hydrogen-bond acceptors (Lipinski definition) is 4. The number of aliphatic hydroxyl groups excluding tert-OH is 1. The molecule has 2 unspecified atom stereocenters. The van der Waals surface area contributed by atoms with Gasteiger partial charge in [-0.1, -0.05) is 30.3 Å². The molecule has 6 nitrogen and oxygen atoms in total. The van der Waals surface area contributed by atoms with Crippen LogP contribution in [-0.2, 0) is 11.3 Å². The number of para-hydroxylation sites is 2. The molecule has 0 fully saturated rings. The maximum atomic E-state index is 12.7. The molecule has 148 valence electrons. The van der Waals surface area contributed by atoms with Crippen LogP contribution < -0.4 is 10.6 Å². The molecule has 1 aromatic heterocycles. The summed E-state index contributed by atoms with van der Waals surface area (Å²) in [5.74, 6) is 0.491. The molecule has 0 aliphatic carbocycles. The van der Waals surface area contributed by atoms with E-state index in [1.807, 2.05) is 35.8 Å². The predicted octanol–water partition coefficient (Wildman–Crippen LogP) is 3.32. The second-order valence-corrected chi connectivity index (χ2v) is 7.37. The molecule has 0 aliphatic rings. The number of imidazole rings is 1. The van der Waals surface area contributed by atoms with Gasteiger partial charge in [-0.05, 0) is 56.5 Å². The van der Waals surface area contributed by atoms with Gasteiger partial charge >= 0.3 is 0 Å². The third-order valence-electron chi connectivity index (χ3n) is 4.92. The van der Waals surface area contributed by atoms with Crippen LogP contribution in [0.4, 0.5) is 5.95 Å². The first kappa shape index (κ1) is 19.9. The zero-order chi connectivity index (χ0) is 20.3. The number of nitrogens with zero attached hydrogens (tertiary/aromatic N) is 2. The van der Waals surface area contributed by atoms with Crippen molar-refractivity contribution in [1.82, 2.24) is 14.9 Å². The Bertz CT molecular complexity index is 978. The molecule has 3 rings (SSSR count). The number of anilines is 1. The summed E-state index contributed by atoms with van der Waals surface area (Å²) in [6, 6.07) is 13.8. The molecule has 0 radical (unpaired) electrons. The highest BCUT2D eigenvalue weighted by atomic mass is 16.3. The molecule has 28 heavy (non-hydrogen) atoms. The Morgan fingerprint density at radius 3 is 2.61 bits per heavy atom. The highest BCUT2D eigenvalue weighted by molar-refractivity contribution is 5.83. The second kappa shape index (κ2) is 8.44. The van der Waals surface area contributed by atoms with E-state index in [2.05, 4.69) is 47.7 Å². The van der Waals surface area contributed by atoms with Crippen molar-refractivity contribution in [3.8, 4) is 0 Å². The molecule has 0 saturated heterocycles. The van der Waals surface area contributed by atoms with Crippen molar-refractivity contribution in [2.24, 2.45) is 0 Å². The van der Waals surface area contributed by atoms with Gasteiger partial charge in [0, 0.05) is 6.54 Å². The lowest BCUT2D eigenvalue weighted by Gasteiger charge is -2.17. The van der Waals surface area contributed by atoms with Crippen LogP contribution >= 0.6 is 0 Å². The van der Waals surface area contributed by atoms with Crippen molar-refractivity contribution in [3.05, 3.63) is 59.2 Å². The first-order chi connectivity index (χ1) is 13.3. The quantitative estimate of drug-likeness (QED) is 0.587. The molecular formula is C22H28N4O2. The van der Waals surface area contributed by atoms with Gasteiger partial charge in [0.2, 0.25) is 11.9 Å². The molecule has 2 aromatic carbocycles. The van der Waals surface area contributed by atoms with E-state index in [1.165, 1.54) is 11.1 Å². The highest BCUT2D eigenvalue weighted by Gasteiger charge is 2.16. The molecule has 6 heteroatoms. The van der Waals surface area contributed by atoms with Gasteiger partial charge < -0.3 is 20.3 Å². The van der Waals surface area contributed by atoms with Gasteiger partial charge in [-0.25, -0.2) is 4.98 Å². The number of carbonyl (C=O) groups is 1. The van der Waals surface area contributed by atoms with Gasteiger partial charge in [-0.15, -0.1) is 0 Å². The minimum Gasteiger partial charge on any atom is -0.392 e. The Morgan fingerprint density at radius 2 is 1.89 bits per heavy atom. The summed E-state index contributed by atoms with van der Waals surface area (Å²) in [7, 11) is 0. The van der Waals surface area contributed by atoms with Crippen molar-refractivity contribution < 1.29 is 9.90 Å². The van der Waals surface area contributed by atoms with Gasteiger partial charge in [0.05, 0.1) is 23.2 Å². The first-order valence-electron chi connectivity index (χ1n) is 9.59. The number of fused-ring (bicyclic) bond motifs is 1. The van der Waals surface area contributed by atoms with Crippen molar-refractivity contribution in [3.63, 3.8) is 0 Å².